The zero-order chi connectivity index (χ0) is 12.1. The molecule has 0 bridgehead atoms. The Bertz CT molecular complexity index is 516. The number of nitrogens with two attached hydrogens (primary N) is 1. The number of ether oxygens (including phenoxy) is 1. The average molecular weight is 235 g/mol. The number of nitriles is 2. The molecule has 80 valence electrons. The van der Waals surface area contributed by atoms with Crippen molar-refractivity contribution in [1.29, 1.82) is 10.5 Å². The topological polar surface area (TPSA) is 126 Å². The van der Waals surface area contributed by atoms with Crippen LogP contribution < -0.4 is 5.73 Å². The van der Waals surface area contributed by atoms with E-state index in [2.05, 4.69) is 14.7 Å². The van der Waals surface area contributed by atoms with Crippen molar-refractivity contribution in [2.24, 2.45) is 0 Å². The molecule has 1 heterocycles. The summed E-state index contributed by atoms with van der Waals surface area (Å²) < 4.78 is 4.39. The normalized spacial score (nSPS) is 8.94. The number of nitrogens with zero attached hydrogens (tertiary/aromatic N) is 4. The average Bonchev–Trinajstić information content (AvgIpc) is 2.29. The Hall–Kier alpha value is -2.32. The maximum Gasteiger partial charge on any atom is 0.373 e. The zero-order valence-corrected chi connectivity index (χ0v) is 8.91. The summed E-state index contributed by atoms with van der Waals surface area (Å²) in [6, 6.07) is 3.41. The number of carbonyl (C=O) groups excluding carboxylic acids is 1. The standard InChI is InChI=1S/C8H5N5O2S/c1-15-8(14)16-7-5(3-10)12-4(2-9)6(11)13-7/h1H3,(H2,11,13). The lowest BCUT2D eigenvalue weighted by atomic mass is 10.4. The van der Waals surface area contributed by atoms with Crippen LogP contribution in [-0.4, -0.2) is 22.4 Å². The summed E-state index contributed by atoms with van der Waals surface area (Å²) in [7, 11) is 1.20. The van der Waals surface area contributed by atoms with Crippen molar-refractivity contribution in [2.45, 2.75) is 5.03 Å². The first-order valence-corrected chi connectivity index (χ1v) is 4.67. The molecule has 0 fully saturated rings. The van der Waals surface area contributed by atoms with E-state index in [-0.39, 0.29) is 22.2 Å². The third-order valence-electron chi connectivity index (χ3n) is 1.45. The fourth-order valence-corrected chi connectivity index (χ4v) is 1.35. The van der Waals surface area contributed by atoms with Gasteiger partial charge in [0, 0.05) is 11.8 Å². The third kappa shape index (κ3) is 2.38. The summed E-state index contributed by atoms with van der Waals surface area (Å²) in [5.74, 6) is -0.132. The molecule has 1 aromatic rings. The Labute approximate surface area is 94.9 Å². The summed E-state index contributed by atoms with van der Waals surface area (Å²) in [6.45, 7) is 0. The van der Waals surface area contributed by atoms with Crippen LogP contribution in [0.2, 0.25) is 0 Å². The van der Waals surface area contributed by atoms with Crippen molar-refractivity contribution in [3.05, 3.63) is 11.4 Å². The van der Waals surface area contributed by atoms with E-state index in [0.29, 0.717) is 11.8 Å². The summed E-state index contributed by atoms with van der Waals surface area (Å²) in [6.07, 6.45) is 0. The quantitative estimate of drug-likeness (QED) is 0.555. The van der Waals surface area contributed by atoms with Gasteiger partial charge in [0.25, 0.3) is 0 Å². The third-order valence-corrected chi connectivity index (χ3v) is 2.26. The van der Waals surface area contributed by atoms with E-state index < -0.39 is 5.30 Å². The molecule has 0 aliphatic rings. The van der Waals surface area contributed by atoms with E-state index in [0.717, 1.165) is 0 Å². The second kappa shape index (κ2) is 4.96. The van der Waals surface area contributed by atoms with Gasteiger partial charge in [-0.15, -0.1) is 0 Å². The van der Waals surface area contributed by atoms with Gasteiger partial charge in [0.2, 0.25) is 0 Å². The SMILES string of the molecule is COC(=O)Sc1nc(N)c(C#N)nc1C#N. The van der Waals surface area contributed by atoms with Crippen molar-refractivity contribution in [3.63, 3.8) is 0 Å². The molecule has 16 heavy (non-hydrogen) atoms. The Morgan fingerprint density at radius 3 is 2.50 bits per heavy atom. The molecular weight excluding hydrogens is 230 g/mol. The smallest absolute Gasteiger partial charge is 0.373 e. The van der Waals surface area contributed by atoms with Gasteiger partial charge in [0.05, 0.1) is 7.11 Å². The number of nitrogen functional groups attached to an aromatic ring is 1. The van der Waals surface area contributed by atoms with Crippen molar-refractivity contribution in [2.75, 3.05) is 12.8 Å². The van der Waals surface area contributed by atoms with Crippen LogP contribution in [0.4, 0.5) is 10.6 Å². The van der Waals surface area contributed by atoms with Gasteiger partial charge >= 0.3 is 5.30 Å². The molecule has 1 aromatic heterocycles. The van der Waals surface area contributed by atoms with E-state index in [9.17, 15) is 4.79 Å². The summed E-state index contributed by atoms with van der Waals surface area (Å²) in [5, 5.41) is 16.7. The molecule has 1 rings (SSSR count). The Kier molecular flexibility index (Phi) is 3.64. The Balaban J connectivity index is 3.21. The predicted octanol–water partition coefficient (Wildman–Crippen LogP) is 0.661. The fraction of sp³-hybridized carbons (Fsp3) is 0.125. The van der Waals surface area contributed by atoms with Gasteiger partial charge < -0.3 is 10.5 Å². The molecule has 0 saturated carbocycles. The molecule has 0 saturated heterocycles. The van der Waals surface area contributed by atoms with E-state index >= 15 is 0 Å². The lowest BCUT2D eigenvalue weighted by Crippen LogP contribution is -2.04. The van der Waals surface area contributed by atoms with Gasteiger partial charge in [-0.1, -0.05) is 0 Å². The van der Waals surface area contributed by atoms with Crippen LogP contribution in [0.3, 0.4) is 0 Å². The van der Waals surface area contributed by atoms with Gasteiger partial charge in [-0.25, -0.2) is 14.8 Å². The number of hydrogen-bond donors (Lipinski definition) is 1. The molecule has 7 nitrogen and oxygen atoms in total. The van der Waals surface area contributed by atoms with E-state index in [1.54, 1.807) is 12.1 Å². The van der Waals surface area contributed by atoms with Crippen LogP contribution in [0.5, 0.6) is 0 Å². The highest BCUT2D eigenvalue weighted by atomic mass is 32.2. The van der Waals surface area contributed by atoms with Gasteiger partial charge in [0.1, 0.15) is 17.2 Å². The molecule has 0 spiro atoms. The zero-order valence-electron chi connectivity index (χ0n) is 8.09. The van der Waals surface area contributed by atoms with Crippen LogP contribution >= 0.6 is 11.8 Å². The van der Waals surface area contributed by atoms with Crippen LogP contribution in [0.25, 0.3) is 0 Å². The van der Waals surface area contributed by atoms with Crippen molar-refractivity contribution in [3.8, 4) is 12.1 Å². The number of carbonyl (C=O) groups is 1. The number of rotatable bonds is 1. The minimum atomic E-state index is -0.644. The molecule has 0 atom stereocenters. The number of thioether (sulfide) groups is 1. The molecule has 0 radical (unpaired) electrons. The monoisotopic (exact) mass is 235 g/mol. The minimum Gasteiger partial charge on any atom is -0.461 e. The van der Waals surface area contributed by atoms with Crippen molar-refractivity contribution in [1.82, 2.24) is 9.97 Å². The molecule has 0 aromatic carbocycles. The van der Waals surface area contributed by atoms with Gasteiger partial charge in [0.15, 0.2) is 17.2 Å². The predicted molar refractivity (Wildman–Crippen MR) is 54.1 cm³/mol. The molecular formula is C8H5N5O2S. The van der Waals surface area contributed by atoms with Crippen LogP contribution in [-0.2, 0) is 4.74 Å². The molecule has 0 amide bonds. The highest BCUT2D eigenvalue weighted by Gasteiger charge is 2.15. The molecule has 0 aliphatic carbocycles. The second-order valence-corrected chi connectivity index (χ2v) is 3.32. The molecule has 2 N–H and O–H groups in total. The van der Waals surface area contributed by atoms with E-state index in [1.807, 2.05) is 0 Å². The first-order chi connectivity index (χ1) is 7.62. The molecule has 0 aliphatic heterocycles. The van der Waals surface area contributed by atoms with Gasteiger partial charge in [-0.2, -0.15) is 10.5 Å². The lowest BCUT2D eigenvalue weighted by Gasteiger charge is -2.02. The largest absolute Gasteiger partial charge is 0.461 e. The first kappa shape index (κ1) is 11.8. The van der Waals surface area contributed by atoms with Crippen LogP contribution in [0.15, 0.2) is 5.03 Å². The van der Waals surface area contributed by atoms with Gasteiger partial charge in [-0.05, 0) is 0 Å². The van der Waals surface area contributed by atoms with Crippen LogP contribution in [0, 0.1) is 22.7 Å². The molecule has 0 unspecified atom stereocenters. The maximum absolute atomic E-state index is 11.0. The second-order valence-electron chi connectivity index (χ2n) is 2.39. The minimum absolute atomic E-state index is 0.0193. The van der Waals surface area contributed by atoms with Crippen molar-refractivity contribution >= 4 is 22.9 Å². The summed E-state index contributed by atoms with van der Waals surface area (Å²) in [4.78, 5) is 18.4. The summed E-state index contributed by atoms with van der Waals surface area (Å²) >= 11 is 0.581. The van der Waals surface area contributed by atoms with E-state index in [4.69, 9.17) is 16.3 Å². The molecule has 8 heteroatoms. The summed E-state index contributed by atoms with van der Waals surface area (Å²) in [5.41, 5.74) is 5.12. The fourth-order valence-electron chi connectivity index (χ4n) is 0.779. The maximum atomic E-state index is 11.0. The Morgan fingerprint density at radius 1 is 1.38 bits per heavy atom. The number of anilines is 1. The number of hydrogen-bond acceptors (Lipinski definition) is 8. The lowest BCUT2D eigenvalue weighted by molar-refractivity contribution is 0.200. The Morgan fingerprint density at radius 2 is 2.00 bits per heavy atom. The van der Waals surface area contributed by atoms with E-state index in [1.165, 1.54) is 7.11 Å². The highest BCUT2D eigenvalue weighted by Crippen LogP contribution is 2.22. The van der Waals surface area contributed by atoms with Gasteiger partial charge in [-0.3, -0.25) is 0 Å². The van der Waals surface area contributed by atoms with Crippen molar-refractivity contribution < 1.29 is 9.53 Å². The highest BCUT2D eigenvalue weighted by molar-refractivity contribution is 8.13. The number of aromatic nitrogens is 2. The number of methoxy groups -OCH3 is 1. The first-order valence-electron chi connectivity index (χ1n) is 3.86. The van der Waals surface area contributed by atoms with Crippen LogP contribution in [0.1, 0.15) is 11.4 Å².